The van der Waals surface area contributed by atoms with Gasteiger partial charge in [-0.2, -0.15) is 0 Å². The summed E-state index contributed by atoms with van der Waals surface area (Å²) in [5.74, 6) is 0.747. The summed E-state index contributed by atoms with van der Waals surface area (Å²) in [6, 6.07) is 11.3. The number of rotatable bonds is 10. The zero-order valence-corrected chi connectivity index (χ0v) is 17.6. The van der Waals surface area contributed by atoms with Gasteiger partial charge >= 0.3 is 0 Å². The van der Waals surface area contributed by atoms with E-state index in [0.29, 0.717) is 22.2 Å². The van der Waals surface area contributed by atoms with Crippen molar-refractivity contribution in [2.24, 2.45) is 0 Å². The van der Waals surface area contributed by atoms with Crippen LogP contribution in [0.4, 0.5) is 11.4 Å². The molecule has 2 N–H and O–H groups in total. The Hall–Kier alpha value is -2.44. The zero-order chi connectivity index (χ0) is 20.5. The van der Waals surface area contributed by atoms with Gasteiger partial charge in [0.25, 0.3) is 0 Å². The van der Waals surface area contributed by atoms with Crippen LogP contribution in [0, 0.1) is 0 Å². The molecule has 0 saturated carbocycles. The van der Waals surface area contributed by atoms with Gasteiger partial charge in [-0.1, -0.05) is 43.6 Å². The van der Waals surface area contributed by atoms with Gasteiger partial charge < -0.3 is 20.1 Å². The lowest BCUT2D eigenvalue weighted by Gasteiger charge is -2.20. The van der Waals surface area contributed by atoms with E-state index in [9.17, 15) is 4.79 Å². The van der Waals surface area contributed by atoms with Crippen LogP contribution in [-0.4, -0.2) is 44.7 Å². The Morgan fingerprint density at radius 3 is 2.36 bits per heavy atom. The highest BCUT2D eigenvalue weighted by Gasteiger charge is 2.13. The Morgan fingerprint density at radius 1 is 1.04 bits per heavy atom. The van der Waals surface area contributed by atoms with Crippen LogP contribution in [0.15, 0.2) is 36.4 Å². The molecular weight excluding hydrogens is 378 g/mol. The van der Waals surface area contributed by atoms with Gasteiger partial charge in [-0.05, 0) is 24.7 Å². The Kier molecular flexibility index (Phi) is 8.42. The number of hydrogen-bond acceptors (Lipinski definition) is 5. The van der Waals surface area contributed by atoms with Gasteiger partial charge in [-0.15, -0.1) is 0 Å². The summed E-state index contributed by atoms with van der Waals surface area (Å²) in [5, 5.41) is 6.49. The minimum atomic E-state index is -0.194. The molecule has 1 amide bonds. The number of carbonyl (C=O) groups excluding carboxylic acids is 1. The molecule has 0 aromatic heterocycles. The molecule has 2 aromatic rings. The highest BCUT2D eigenvalue weighted by Crippen LogP contribution is 2.35. The number of carbonyl (C=O) groups is 1. The van der Waals surface area contributed by atoms with Crippen molar-refractivity contribution >= 4 is 28.9 Å². The van der Waals surface area contributed by atoms with Crippen molar-refractivity contribution in [2.75, 3.05) is 44.5 Å². The minimum Gasteiger partial charge on any atom is -0.495 e. The number of ether oxygens (including phenoxy) is 2. The first-order valence-electron chi connectivity index (χ1n) is 9.27. The first-order chi connectivity index (χ1) is 13.5. The number of nitrogens with one attached hydrogen (secondary N) is 2. The molecule has 0 heterocycles. The molecule has 0 fully saturated rings. The molecule has 2 rings (SSSR count). The average Bonchev–Trinajstić information content (AvgIpc) is 2.72. The van der Waals surface area contributed by atoms with Crippen molar-refractivity contribution in [1.82, 2.24) is 4.90 Å². The second-order valence-electron chi connectivity index (χ2n) is 6.21. The van der Waals surface area contributed by atoms with E-state index in [1.807, 2.05) is 18.2 Å². The molecule has 7 heteroatoms. The number of para-hydroxylation sites is 1. The topological polar surface area (TPSA) is 62.8 Å². The number of benzene rings is 2. The quantitative estimate of drug-likeness (QED) is 0.618. The van der Waals surface area contributed by atoms with Crippen molar-refractivity contribution in [1.29, 1.82) is 0 Å². The van der Waals surface area contributed by atoms with Crippen LogP contribution in [0.1, 0.15) is 19.4 Å². The zero-order valence-electron chi connectivity index (χ0n) is 16.8. The van der Waals surface area contributed by atoms with Gasteiger partial charge in [0, 0.05) is 24.4 Å². The molecule has 28 heavy (non-hydrogen) atoms. The van der Waals surface area contributed by atoms with E-state index in [4.69, 9.17) is 21.1 Å². The largest absolute Gasteiger partial charge is 0.495 e. The van der Waals surface area contributed by atoms with Gasteiger partial charge in [0.05, 0.1) is 31.5 Å². The molecule has 0 bridgehead atoms. The fourth-order valence-corrected chi connectivity index (χ4v) is 3.08. The van der Waals surface area contributed by atoms with Gasteiger partial charge in [-0.3, -0.25) is 9.69 Å². The Morgan fingerprint density at radius 2 is 1.71 bits per heavy atom. The Labute approximate surface area is 171 Å². The van der Waals surface area contributed by atoms with Gasteiger partial charge in [0.2, 0.25) is 5.91 Å². The van der Waals surface area contributed by atoms with Crippen LogP contribution in [0.5, 0.6) is 11.5 Å². The molecular formula is C21H28ClN3O3. The lowest BCUT2D eigenvalue weighted by Crippen LogP contribution is -2.25. The predicted octanol–water partition coefficient (Wildman–Crippen LogP) is 4.25. The minimum absolute atomic E-state index is 0.128. The van der Waals surface area contributed by atoms with Crippen LogP contribution >= 0.6 is 11.6 Å². The molecule has 2 aromatic carbocycles. The summed E-state index contributed by atoms with van der Waals surface area (Å²) in [6.45, 7) is 7.19. The molecule has 0 radical (unpaired) electrons. The van der Waals surface area contributed by atoms with E-state index >= 15 is 0 Å². The normalized spacial score (nSPS) is 10.6. The van der Waals surface area contributed by atoms with Crippen LogP contribution in [0.3, 0.4) is 0 Å². The third-order valence-electron chi connectivity index (χ3n) is 4.49. The Balaban J connectivity index is 2.06. The van der Waals surface area contributed by atoms with E-state index in [-0.39, 0.29) is 12.5 Å². The second-order valence-corrected chi connectivity index (χ2v) is 6.61. The summed E-state index contributed by atoms with van der Waals surface area (Å²) in [4.78, 5) is 14.8. The summed E-state index contributed by atoms with van der Waals surface area (Å²) in [6.07, 6.45) is 0. The summed E-state index contributed by atoms with van der Waals surface area (Å²) >= 11 is 6.11. The first-order valence-corrected chi connectivity index (χ1v) is 9.65. The molecule has 0 atom stereocenters. The molecule has 152 valence electrons. The highest BCUT2D eigenvalue weighted by molar-refractivity contribution is 6.32. The SMILES string of the molecule is CCN(CC)Cc1ccccc1NCC(=O)Nc1cc(OC)c(Cl)cc1OC. The second kappa shape index (κ2) is 10.8. The Bertz CT molecular complexity index is 794. The fraction of sp³-hybridized carbons (Fsp3) is 0.381. The van der Waals surface area contributed by atoms with Crippen LogP contribution in [0.25, 0.3) is 0 Å². The lowest BCUT2D eigenvalue weighted by atomic mass is 10.1. The number of nitrogens with zero attached hydrogens (tertiary/aromatic N) is 1. The van der Waals surface area contributed by atoms with Crippen LogP contribution in [-0.2, 0) is 11.3 Å². The van der Waals surface area contributed by atoms with Gasteiger partial charge in [0.15, 0.2) is 0 Å². The standard InChI is InChI=1S/C21H28ClN3O3/c1-5-25(6-2)14-15-9-7-8-10-17(15)23-13-21(26)24-18-12-19(27-3)16(22)11-20(18)28-4/h7-12,23H,5-6,13-14H2,1-4H3,(H,24,26). The molecule has 0 aliphatic heterocycles. The molecule has 0 aliphatic rings. The third-order valence-corrected chi connectivity index (χ3v) is 4.79. The summed E-state index contributed by atoms with van der Waals surface area (Å²) < 4.78 is 10.5. The van der Waals surface area contributed by atoms with Gasteiger partial charge in [0.1, 0.15) is 11.5 Å². The van der Waals surface area contributed by atoms with Crippen LogP contribution in [0.2, 0.25) is 5.02 Å². The van der Waals surface area contributed by atoms with Crippen molar-refractivity contribution in [2.45, 2.75) is 20.4 Å². The van der Waals surface area contributed by atoms with E-state index < -0.39 is 0 Å². The smallest absolute Gasteiger partial charge is 0.243 e. The molecule has 0 unspecified atom stereocenters. The first kappa shape index (κ1) is 21.9. The van der Waals surface area contributed by atoms with E-state index in [2.05, 4.69) is 35.4 Å². The number of hydrogen-bond donors (Lipinski definition) is 2. The predicted molar refractivity (Wildman–Crippen MR) is 115 cm³/mol. The summed E-state index contributed by atoms with van der Waals surface area (Å²) in [7, 11) is 3.04. The maximum Gasteiger partial charge on any atom is 0.243 e. The van der Waals surface area contributed by atoms with Gasteiger partial charge in [-0.25, -0.2) is 0 Å². The number of amides is 1. The monoisotopic (exact) mass is 405 g/mol. The van der Waals surface area contributed by atoms with E-state index in [1.54, 1.807) is 12.1 Å². The fourth-order valence-electron chi connectivity index (χ4n) is 2.85. The highest BCUT2D eigenvalue weighted by atomic mass is 35.5. The van der Waals surface area contributed by atoms with Crippen LogP contribution < -0.4 is 20.1 Å². The molecule has 0 saturated heterocycles. The lowest BCUT2D eigenvalue weighted by molar-refractivity contribution is -0.114. The third kappa shape index (κ3) is 5.78. The summed E-state index contributed by atoms with van der Waals surface area (Å²) in [5.41, 5.74) is 2.61. The maximum absolute atomic E-state index is 12.5. The van der Waals surface area contributed by atoms with Crippen molar-refractivity contribution < 1.29 is 14.3 Å². The van der Waals surface area contributed by atoms with Crippen molar-refractivity contribution in [3.63, 3.8) is 0 Å². The average molecular weight is 406 g/mol. The van der Waals surface area contributed by atoms with Crippen molar-refractivity contribution in [3.8, 4) is 11.5 Å². The van der Waals surface area contributed by atoms with Crippen molar-refractivity contribution in [3.05, 3.63) is 47.0 Å². The molecule has 6 nitrogen and oxygen atoms in total. The number of methoxy groups -OCH3 is 2. The van der Waals surface area contributed by atoms with E-state index in [1.165, 1.54) is 14.2 Å². The number of anilines is 2. The maximum atomic E-state index is 12.5. The molecule has 0 spiro atoms. The molecule has 0 aliphatic carbocycles. The number of halogens is 1. The van der Waals surface area contributed by atoms with E-state index in [0.717, 1.165) is 30.9 Å².